The molecule has 0 saturated heterocycles. The molecule has 0 fully saturated rings. The van der Waals surface area contributed by atoms with Crippen LogP contribution in [0.3, 0.4) is 0 Å². The maximum Gasteiger partial charge on any atom is 0.334 e. The van der Waals surface area contributed by atoms with Gasteiger partial charge in [0.2, 0.25) is 6.41 Å². The van der Waals surface area contributed by atoms with Gasteiger partial charge < -0.3 is 15.2 Å². The molecule has 0 aliphatic rings. The van der Waals surface area contributed by atoms with Crippen molar-refractivity contribution in [3.05, 3.63) is 0 Å². The van der Waals surface area contributed by atoms with Crippen molar-refractivity contribution >= 4 is 24.1 Å². The van der Waals surface area contributed by atoms with E-state index < -0.39 is 16.8 Å². The third-order valence-corrected chi connectivity index (χ3v) is 3.60. The van der Waals surface area contributed by atoms with Gasteiger partial charge in [-0.1, -0.05) is 13.8 Å². The molecule has 0 aliphatic heterocycles. The van der Waals surface area contributed by atoms with Gasteiger partial charge in [-0.15, -0.1) is 11.8 Å². The first-order valence-electron chi connectivity index (χ1n) is 5.96. The predicted molar refractivity (Wildman–Crippen MR) is 72.8 cm³/mol. The Morgan fingerprint density at radius 2 is 2.00 bits per heavy atom. The Morgan fingerprint density at radius 3 is 2.33 bits per heavy atom. The zero-order valence-corrected chi connectivity index (χ0v) is 12.4. The van der Waals surface area contributed by atoms with Crippen molar-refractivity contribution in [3.8, 4) is 0 Å². The van der Waals surface area contributed by atoms with Crippen LogP contribution >= 0.6 is 11.8 Å². The first kappa shape index (κ1) is 17.2. The van der Waals surface area contributed by atoms with Gasteiger partial charge in [0.05, 0.1) is 10.9 Å². The van der Waals surface area contributed by atoms with Crippen molar-refractivity contribution in [1.29, 1.82) is 0 Å². The molecular formula is C12H23NO4S. The van der Waals surface area contributed by atoms with E-state index in [1.54, 1.807) is 20.8 Å². The summed E-state index contributed by atoms with van der Waals surface area (Å²) in [5.74, 6) is -1.01. The van der Waals surface area contributed by atoms with E-state index in [9.17, 15) is 14.7 Å². The van der Waals surface area contributed by atoms with Crippen LogP contribution in [-0.2, 0) is 14.3 Å². The van der Waals surface area contributed by atoms with Crippen LogP contribution in [0.25, 0.3) is 0 Å². The van der Waals surface area contributed by atoms with Crippen LogP contribution in [0.5, 0.6) is 0 Å². The van der Waals surface area contributed by atoms with Crippen LogP contribution < -0.4 is 5.32 Å². The minimum absolute atomic E-state index is 0.186. The smallest absolute Gasteiger partial charge is 0.334 e. The largest absolute Gasteiger partial charge is 0.479 e. The van der Waals surface area contributed by atoms with Crippen LogP contribution in [0.1, 0.15) is 34.6 Å². The highest BCUT2D eigenvalue weighted by atomic mass is 32.2. The number of carboxylic acids is 1. The van der Waals surface area contributed by atoms with E-state index in [1.807, 2.05) is 13.8 Å². The number of carbonyl (C=O) groups is 2. The average molecular weight is 277 g/mol. The zero-order valence-electron chi connectivity index (χ0n) is 11.6. The number of ether oxygens (including phenoxy) is 1. The monoisotopic (exact) mass is 277 g/mol. The quantitative estimate of drug-likeness (QED) is 0.625. The number of nitrogens with one attached hydrogen (secondary N) is 1. The number of hydrogen-bond donors (Lipinski definition) is 2. The van der Waals surface area contributed by atoms with Crippen LogP contribution in [0.4, 0.5) is 0 Å². The Labute approximate surface area is 113 Å². The summed E-state index contributed by atoms with van der Waals surface area (Å²) in [6, 6.07) is 0. The molecule has 0 bridgehead atoms. The van der Waals surface area contributed by atoms with Crippen LogP contribution in [0.2, 0.25) is 0 Å². The molecule has 0 aromatic heterocycles. The number of thioether (sulfide) groups is 1. The van der Waals surface area contributed by atoms with Crippen molar-refractivity contribution < 1.29 is 19.4 Å². The second-order valence-corrected chi connectivity index (χ2v) is 6.99. The number of amides is 1. The van der Waals surface area contributed by atoms with Crippen molar-refractivity contribution in [1.82, 2.24) is 5.32 Å². The van der Waals surface area contributed by atoms with Gasteiger partial charge in [0.25, 0.3) is 0 Å². The summed E-state index contributed by atoms with van der Waals surface area (Å²) >= 11 is 1.49. The first-order chi connectivity index (χ1) is 8.23. The molecule has 6 heteroatoms. The molecule has 5 nitrogen and oxygen atoms in total. The molecule has 0 rings (SSSR count). The Balaban J connectivity index is 5.06. The molecule has 106 valence electrons. The fourth-order valence-electron chi connectivity index (χ4n) is 1.71. The van der Waals surface area contributed by atoms with E-state index in [-0.39, 0.29) is 17.9 Å². The normalized spacial score (nSPS) is 16.4. The number of carbonyl (C=O) groups excluding carboxylic acids is 1. The van der Waals surface area contributed by atoms with E-state index >= 15 is 0 Å². The lowest BCUT2D eigenvalue weighted by Gasteiger charge is -2.36. The Morgan fingerprint density at radius 1 is 1.44 bits per heavy atom. The van der Waals surface area contributed by atoms with Gasteiger partial charge >= 0.3 is 5.97 Å². The summed E-state index contributed by atoms with van der Waals surface area (Å²) in [5, 5.41) is 12.1. The number of carboxylic acid groups (broad SMARTS) is 1. The van der Waals surface area contributed by atoms with Crippen molar-refractivity contribution in [2.24, 2.45) is 0 Å². The third kappa shape index (κ3) is 5.73. The standard InChI is InChI=1S/C12H23NO4S/c1-8(2)17-10(11(15)16)12(5,6-13-7-14)18-9(3)4/h7-10H,6H2,1-5H3,(H,13,14)(H,15,16). The molecule has 1 amide bonds. The number of hydrogen-bond acceptors (Lipinski definition) is 4. The molecule has 0 aliphatic carbocycles. The van der Waals surface area contributed by atoms with Crippen LogP contribution in [0, 0.1) is 0 Å². The molecular weight excluding hydrogens is 254 g/mol. The van der Waals surface area contributed by atoms with E-state index in [0.29, 0.717) is 6.41 Å². The molecule has 0 aromatic rings. The van der Waals surface area contributed by atoms with Crippen molar-refractivity contribution in [3.63, 3.8) is 0 Å². The summed E-state index contributed by atoms with van der Waals surface area (Å²) in [7, 11) is 0. The second-order valence-electron chi connectivity index (χ2n) is 4.88. The third-order valence-electron chi connectivity index (χ3n) is 2.23. The van der Waals surface area contributed by atoms with Gasteiger partial charge in [0.15, 0.2) is 6.10 Å². The SMILES string of the molecule is CC(C)OC(C(=O)O)C(C)(CNC=O)SC(C)C. The lowest BCUT2D eigenvalue weighted by Crippen LogP contribution is -2.51. The summed E-state index contributed by atoms with van der Waals surface area (Å²) in [6.07, 6.45) is -0.570. The van der Waals surface area contributed by atoms with Gasteiger partial charge in [-0.3, -0.25) is 4.79 Å². The summed E-state index contributed by atoms with van der Waals surface area (Å²) in [4.78, 5) is 21.8. The zero-order chi connectivity index (χ0) is 14.3. The Hall–Kier alpha value is -0.750. The fourth-order valence-corrected chi connectivity index (χ4v) is 3.24. The topological polar surface area (TPSA) is 75.6 Å². The minimum Gasteiger partial charge on any atom is -0.479 e. The Bertz CT molecular complexity index is 283. The van der Waals surface area contributed by atoms with Gasteiger partial charge in [-0.2, -0.15) is 0 Å². The van der Waals surface area contributed by atoms with E-state index in [4.69, 9.17) is 4.74 Å². The number of rotatable bonds is 9. The maximum atomic E-state index is 11.4. The Kier molecular flexibility index (Phi) is 7.32. The molecule has 0 heterocycles. The van der Waals surface area contributed by atoms with Crippen LogP contribution in [0.15, 0.2) is 0 Å². The molecule has 2 N–H and O–H groups in total. The second kappa shape index (κ2) is 7.63. The van der Waals surface area contributed by atoms with Gasteiger partial charge in [-0.05, 0) is 26.0 Å². The predicted octanol–water partition coefficient (Wildman–Crippen LogP) is 1.51. The number of aliphatic carboxylic acids is 1. The van der Waals surface area contributed by atoms with Crippen LogP contribution in [-0.4, -0.2) is 46.2 Å². The van der Waals surface area contributed by atoms with E-state index in [1.165, 1.54) is 11.8 Å². The summed E-state index contributed by atoms with van der Waals surface area (Å²) in [6.45, 7) is 9.61. The lowest BCUT2D eigenvalue weighted by molar-refractivity contribution is -0.155. The van der Waals surface area contributed by atoms with E-state index in [0.717, 1.165) is 0 Å². The summed E-state index contributed by atoms with van der Waals surface area (Å²) in [5.41, 5.74) is 0. The molecule has 0 radical (unpaired) electrons. The average Bonchev–Trinajstić information content (AvgIpc) is 2.21. The molecule has 0 saturated carbocycles. The summed E-state index contributed by atoms with van der Waals surface area (Å²) < 4.78 is 4.80. The maximum absolute atomic E-state index is 11.4. The molecule has 0 aromatic carbocycles. The molecule has 2 unspecified atom stereocenters. The van der Waals surface area contributed by atoms with Crippen molar-refractivity contribution in [2.45, 2.75) is 56.8 Å². The van der Waals surface area contributed by atoms with Gasteiger partial charge in [-0.25, -0.2) is 4.79 Å². The van der Waals surface area contributed by atoms with Crippen molar-refractivity contribution in [2.75, 3.05) is 6.54 Å². The van der Waals surface area contributed by atoms with Gasteiger partial charge in [0.1, 0.15) is 0 Å². The molecule has 18 heavy (non-hydrogen) atoms. The molecule has 0 spiro atoms. The highest BCUT2D eigenvalue weighted by Gasteiger charge is 2.42. The highest BCUT2D eigenvalue weighted by molar-refractivity contribution is 8.01. The fraction of sp³-hybridized carbons (Fsp3) is 0.833. The first-order valence-corrected chi connectivity index (χ1v) is 6.84. The minimum atomic E-state index is -1.01. The van der Waals surface area contributed by atoms with E-state index in [2.05, 4.69) is 5.32 Å². The highest BCUT2D eigenvalue weighted by Crippen LogP contribution is 2.34. The van der Waals surface area contributed by atoms with Gasteiger partial charge in [0, 0.05) is 6.54 Å². The lowest BCUT2D eigenvalue weighted by atomic mass is 10.0. The molecule has 2 atom stereocenters.